The predicted octanol–water partition coefficient (Wildman–Crippen LogP) is 4.07. The predicted molar refractivity (Wildman–Crippen MR) is 84.3 cm³/mol. The third-order valence-electron chi connectivity index (χ3n) is 2.91. The van der Waals surface area contributed by atoms with Gasteiger partial charge < -0.3 is 15.7 Å². The molecule has 0 spiro atoms. The van der Waals surface area contributed by atoms with Crippen LogP contribution in [0, 0.1) is 6.92 Å². The molecule has 1 rings (SSSR count). The molecular formula is C14H18Cl2N2O3. The lowest BCUT2D eigenvalue weighted by molar-refractivity contribution is -0.137. The van der Waals surface area contributed by atoms with Crippen LogP contribution in [-0.4, -0.2) is 22.6 Å². The van der Waals surface area contributed by atoms with Crippen LogP contribution in [0.4, 0.5) is 10.5 Å². The Morgan fingerprint density at radius 1 is 1.24 bits per heavy atom. The molecule has 0 aromatic heterocycles. The molecule has 0 aliphatic carbocycles. The molecule has 2 amide bonds. The summed E-state index contributed by atoms with van der Waals surface area (Å²) in [5, 5.41) is 14.9. The number of aryl methyl sites for hydroxylation is 1. The second kappa shape index (κ2) is 7.00. The molecule has 0 fully saturated rings. The van der Waals surface area contributed by atoms with Gasteiger partial charge in [-0.15, -0.1) is 0 Å². The van der Waals surface area contributed by atoms with E-state index < -0.39 is 17.5 Å². The molecule has 0 bridgehead atoms. The van der Waals surface area contributed by atoms with Crippen molar-refractivity contribution in [1.29, 1.82) is 0 Å². The maximum absolute atomic E-state index is 11.9. The van der Waals surface area contributed by atoms with Gasteiger partial charge >= 0.3 is 12.0 Å². The second-order valence-electron chi connectivity index (χ2n) is 5.44. The third kappa shape index (κ3) is 5.81. The fraction of sp³-hybridized carbons (Fsp3) is 0.429. The lowest BCUT2D eigenvalue weighted by atomic mass is 9.99. The quantitative estimate of drug-likeness (QED) is 0.760. The summed E-state index contributed by atoms with van der Waals surface area (Å²) in [7, 11) is 0. The fourth-order valence-electron chi connectivity index (χ4n) is 1.68. The number of hydrogen-bond acceptors (Lipinski definition) is 2. The molecule has 7 heteroatoms. The Kier molecular flexibility index (Phi) is 5.87. The summed E-state index contributed by atoms with van der Waals surface area (Å²) in [6, 6.07) is 2.77. The first-order valence-electron chi connectivity index (χ1n) is 6.37. The van der Waals surface area contributed by atoms with Crippen LogP contribution in [0.15, 0.2) is 12.1 Å². The van der Waals surface area contributed by atoms with Gasteiger partial charge in [-0.3, -0.25) is 4.79 Å². The van der Waals surface area contributed by atoms with E-state index in [0.29, 0.717) is 22.2 Å². The molecule has 0 heterocycles. The van der Waals surface area contributed by atoms with E-state index in [-0.39, 0.29) is 6.42 Å². The average molecular weight is 333 g/mol. The van der Waals surface area contributed by atoms with Crippen molar-refractivity contribution in [2.24, 2.45) is 0 Å². The number of rotatable bonds is 5. The normalized spacial score (nSPS) is 11.1. The van der Waals surface area contributed by atoms with Gasteiger partial charge in [-0.05, 0) is 44.9 Å². The minimum atomic E-state index is -0.904. The number of amides is 2. The summed E-state index contributed by atoms with van der Waals surface area (Å²) >= 11 is 12.0. The Hall–Kier alpha value is -1.46. The Morgan fingerprint density at radius 3 is 2.43 bits per heavy atom. The number of carbonyl (C=O) groups is 2. The Morgan fingerprint density at radius 2 is 1.86 bits per heavy atom. The highest BCUT2D eigenvalue weighted by molar-refractivity contribution is 6.36. The number of carboxylic acids is 1. The largest absolute Gasteiger partial charge is 0.481 e. The van der Waals surface area contributed by atoms with Gasteiger partial charge in [0, 0.05) is 17.0 Å². The number of urea groups is 1. The zero-order valence-corrected chi connectivity index (χ0v) is 13.6. The van der Waals surface area contributed by atoms with Crippen LogP contribution in [0.25, 0.3) is 0 Å². The number of carbonyl (C=O) groups excluding carboxylic acids is 1. The highest BCUT2D eigenvalue weighted by atomic mass is 35.5. The van der Waals surface area contributed by atoms with Crippen LogP contribution >= 0.6 is 23.2 Å². The first-order chi connectivity index (χ1) is 9.60. The number of carboxylic acid groups (broad SMARTS) is 1. The van der Waals surface area contributed by atoms with Crippen molar-refractivity contribution in [3.63, 3.8) is 0 Å². The van der Waals surface area contributed by atoms with E-state index in [9.17, 15) is 9.59 Å². The van der Waals surface area contributed by atoms with Gasteiger partial charge in [0.05, 0.1) is 10.7 Å². The van der Waals surface area contributed by atoms with Crippen molar-refractivity contribution in [2.75, 3.05) is 5.32 Å². The van der Waals surface area contributed by atoms with Crippen molar-refractivity contribution >= 4 is 40.9 Å². The van der Waals surface area contributed by atoms with Crippen LogP contribution in [0.5, 0.6) is 0 Å². The lowest BCUT2D eigenvalue weighted by Gasteiger charge is -2.26. The summed E-state index contributed by atoms with van der Waals surface area (Å²) in [6.45, 7) is 5.31. The monoisotopic (exact) mass is 332 g/mol. The van der Waals surface area contributed by atoms with E-state index in [4.69, 9.17) is 28.3 Å². The van der Waals surface area contributed by atoms with Crippen molar-refractivity contribution in [1.82, 2.24) is 5.32 Å². The van der Waals surface area contributed by atoms with E-state index in [1.54, 1.807) is 26.0 Å². The molecule has 0 aliphatic rings. The zero-order chi connectivity index (χ0) is 16.2. The Labute approximate surface area is 133 Å². The molecule has 1 aromatic carbocycles. The van der Waals surface area contributed by atoms with Gasteiger partial charge in [0.25, 0.3) is 0 Å². The maximum atomic E-state index is 11.9. The molecule has 21 heavy (non-hydrogen) atoms. The number of benzene rings is 1. The van der Waals surface area contributed by atoms with Crippen LogP contribution in [-0.2, 0) is 4.79 Å². The Bertz CT molecular complexity index is 559. The van der Waals surface area contributed by atoms with Crippen LogP contribution < -0.4 is 10.6 Å². The van der Waals surface area contributed by atoms with Crippen molar-refractivity contribution in [3.05, 3.63) is 27.7 Å². The molecule has 0 atom stereocenters. The van der Waals surface area contributed by atoms with Crippen molar-refractivity contribution < 1.29 is 14.7 Å². The lowest BCUT2D eigenvalue weighted by Crippen LogP contribution is -2.45. The number of halogens is 2. The molecule has 1 aromatic rings. The number of nitrogens with one attached hydrogen (secondary N) is 2. The molecule has 0 radical (unpaired) electrons. The first kappa shape index (κ1) is 17.6. The van der Waals surface area contributed by atoms with Gasteiger partial charge in [-0.2, -0.15) is 0 Å². The van der Waals surface area contributed by atoms with E-state index in [0.717, 1.165) is 5.56 Å². The maximum Gasteiger partial charge on any atom is 0.319 e. The molecule has 0 saturated heterocycles. The molecule has 3 N–H and O–H groups in total. The fourth-order valence-corrected chi connectivity index (χ4v) is 2.11. The number of hydrogen-bond donors (Lipinski definition) is 3. The van der Waals surface area contributed by atoms with Gasteiger partial charge in [0.15, 0.2) is 0 Å². The van der Waals surface area contributed by atoms with E-state index in [1.165, 1.54) is 0 Å². The SMILES string of the molecule is Cc1cc(Cl)c(NC(=O)NC(C)(C)CCC(=O)O)cc1Cl. The summed E-state index contributed by atoms with van der Waals surface area (Å²) in [5.41, 5.74) is 0.567. The molecule has 0 unspecified atom stereocenters. The minimum absolute atomic E-state index is 0.0234. The van der Waals surface area contributed by atoms with Gasteiger partial charge in [-0.25, -0.2) is 4.79 Å². The second-order valence-corrected chi connectivity index (χ2v) is 6.25. The summed E-state index contributed by atoms with van der Waals surface area (Å²) in [5.74, 6) is -0.904. The van der Waals surface area contributed by atoms with Crippen LogP contribution in [0.2, 0.25) is 10.0 Å². The van der Waals surface area contributed by atoms with Gasteiger partial charge in [0.1, 0.15) is 0 Å². The first-order valence-corrected chi connectivity index (χ1v) is 7.13. The highest BCUT2D eigenvalue weighted by Gasteiger charge is 2.22. The molecule has 0 aliphatic heterocycles. The van der Waals surface area contributed by atoms with E-state index >= 15 is 0 Å². The van der Waals surface area contributed by atoms with Gasteiger partial charge in [0.2, 0.25) is 0 Å². The minimum Gasteiger partial charge on any atom is -0.481 e. The molecule has 116 valence electrons. The number of aliphatic carboxylic acids is 1. The zero-order valence-electron chi connectivity index (χ0n) is 12.1. The highest BCUT2D eigenvalue weighted by Crippen LogP contribution is 2.28. The van der Waals surface area contributed by atoms with Crippen LogP contribution in [0.3, 0.4) is 0 Å². The molecule has 5 nitrogen and oxygen atoms in total. The Balaban J connectivity index is 2.69. The smallest absolute Gasteiger partial charge is 0.319 e. The molecule has 0 saturated carbocycles. The van der Waals surface area contributed by atoms with E-state index in [2.05, 4.69) is 10.6 Å². The van der Waals surface area contributed by atoms with E-state index in [1.807, 2.05) is 6.92 Å². The number of anilines is 1. The third-order valence-corrected chi connectivity index (χ3v) is 3.63. The summed E-state index contributed by atoms with van der Waals surface area (Å²) in [4.78, 5) is 22.5. The van der Waals surface area contributed by atoms with Gasteiger partial charge in [-0.1, -0.05) is 23.2 Å². The van der Waals surface area contributed by atoms with Crippen molar-refractivity contribution in [3.8, 4) is 0 Å². The summed E-state index contributed by atoms with van der Waals surface area (Å²) < 4.78 is 0. The topological polar surface area (TPSA) is 78.4 Å². The summed E-state index contributed by atoms with van der Waals surface area (Å²) in [6.07, 6.45) is 0.294. The van der Waals surface area contributed by atoms with Crippen molar-refractivity contribution in [2.45, 2.75) is 39.2 Å². The standard InChI is InChI=1S/C14H18Cl2N2O3/c1-8-6-10(16)11(7-9(8)15)17-13(21)18-14(2,3)5-4-12(19)20/h6-7H,4-5H2,1-3H3,(H,19,20)(H2,17,18,21). The average Bonchev–Trinajstić information content (AvgIpc) is 2.33. The molecular weight excluding hydrogens is 315 g/mol. The van der Waals surface area contributed by atoms with Crippen LogP contribution in [0.1, 0.15) is 32.3 Å².